The van der Waals surface area contributed by atoms with Crippen molar-refractivity contribution in [2.45, 2.75) is 6.54 Å². The minimum atomic E-state index is -0.328. The van der Waals surface area contributed by atoms with Crippen LogP contribution in [0.1, 0.15) is 15.9 Å². The van der Waals surface area contributed by atoms with Gasteiger partial charge in [-0.05, 0) is 35.9 Å². The van der Waals surface area contributed by atoms with Crippen LogP contribution in [0.3, 0.4) is 0 Å². The van der Waals surface area contributed by atoms with E-state index >= 15 is 0 Å². The van der Waals surface area contributed by atoms with Gasteiger partial charge in [-0.1, -0.05) is 90.2 Å². The lowest BCUT2D eigenvalue weighted by Gasteiger charge is -2.21. The molecule has 0 saturated heterocycles. The average molecular weight is 490 g/mol. The number of thiazole rings is 1. The van der Waals surface area contributed by atoms with Crippen molar-refractivity contribution in [3.8, 4) is 11.3 Å². The zero-order valence-corrected chi connectivity index (χ0v) is 20.0. The summed E-state index contributed by atoms with van der Waals surface area (Å²) in [4.78, 5) is 25.5. The largest absolute Gasteiger partial charge is 0.279 e. The molecule has 0 aliphatic heterocycles. The fourth-order valence-corrected chi connectivity index (χ4v) is 5.24. The van der Waals surface area contributed by atoms with Crippen LogP contribution in [0.2, 0.25) is 0 Å². The Labute approximate surface area is 211 Å². The van der Waals surface area contributed by atoms with Crippen LogP contribution in [0, 0.1) is 5.82 Å². The van der Waals surface area contributed by atoms with E-state index in [-0.39, 0.29) is 11.7 Å². The number of carbonyl (C=O) groups excluding carboxylic acids is 1. The number of para-hydroxylation sites is 1. The van der Waals surface area contributed by atoms with E-state index in [0.29, 0.717) is 27.5 Å². The van der Waals surface area contributed by atoms with Crippen LogP contribution < -0.4 is 4.90 Å². The van der Waals surface area contributed by atoms with Crippen molar-refractivity contribution in [1.82, 2.24) is 9.97 Å². The molecule has 0 atom stereocenters. The third-order valence-corrected chi connectivity index (χ3v) is 7.06. The van der Waals surface area contributed by atoms with Crippen molar-refractivity contribution >= 4 is 43.5 Å². The summed E-state index contributed by atoms with van der Waals surface area (Å²) in [6.07, 6.45) is 0. The SMILES string of the molecule is O=C(c1cc(-c2ccccc2)nc2ccccc12)N(Cc1ccccc1)c1nc2ccc(F)cc2s1. The molecule has 4 aromatic carbocycles. The molecule has 6 rings (SSSR count). The second-order valence-corrected chi connectivity index (χ2v) is 9.43. The number of nitrogens with zero attached hydrogens (tertiary/aromatic N) is 3. The Bertz CT molecular complexity index is 1700. The highest BCUT2D eigenvalue weighted by molar-refractivity contribution is 7.22. The fourth-order valence-electron chi connectivity index (χ4n) is 4.25. The van der Waals surface area contributed by atoms with Gasteiger partial charge < -0.3 is 0 Å². The van der Waals surface area contributed by atoms with E-state index in [2.05, 4.69) is 0 Å². The standard InChI is InChI=1S/C30H20FN3OS/c31-22-15-16-26-28(17-22)36-30(33-26)34(19-20-9-3-1-4-10-20)29(35)24-18-27(21-11-5-2-6-12-21)32-25-14-8-7-13-23(24)25/h1-18H,19H2. The Morgan fingerprint density at radius 1 is 0.778 bits per heavy atom. The summed E-state index contributed by atoms with van der Waals surface area (Å²) in [6.45, 7) is 0.333. The molecule has 0 saturated carbocycles. The summed E-state index contributed by atoms with van der Waals surface area (Å²) < 4.78 is 14.6. The first-order valence-electron chi connectivity index (χ1n) is 11.5. The number of anilines is 1. The molecule has 0 aliphatic rings. The lowest BCUT2D eigenvalue weighted by molar-refractivity contribution is 0.0986. The van der Waals surface area contributed by atoms with Crippen LogP contribution in [-0.2, 0) is 6.54 Å². The predicted octanol–water partition coefficient (Wildman–Crippen LogP) is 7.50. The molecule has 6 heteroatoms. The van der Waals surface area contributed by atoms with E-state index in [9.17, 15) is 9.18 Å². The molecule has 36 heavy (non-hydrogen) atoms. The van der Waals surface area contributed by atoms with Gasteiger partial charge in [0.05, 0.1) is 33.5 Å². The van der Waals surface area contributed by atoms with Crippen molar-refractivity contribution in [2.75, 3.05) is 4.90 Å². The van der Waals surface area contributed by atoms with Crippen LogP contribution >= 0.6 is 11.3 Å². The van der Waals surface area contributed by atoms with Crippen molar-refractivity contribution in [3.63, 3.8) is 0 Å². The topological polar surface area (TPSA) is 46.1 Å². The minimum absolute atomic E-state index is 0.186. The smallest absolute Gasteiger partial charge is 0.261 e. The molecule has 0 radical (unpaired) electrons. The second kappa shape index (κ2) is 9.32. The highest BCUT2D eigenvalue weighted by atomic mass is 32.1. The molecule has 4 nitrogen and oxygen atoms in total. The molecule has 6 aromatic rings. The van der Waals surface area contributed by atoms with Gasteiger partial charge in [0.15, 0.2) is 5.13 Å². The van der Waals surface area contributed by atoms with Gasteiger partial charge in [-0.25, -0.2) is 14.4 Å². The van der Waals surface area contributed by atoms with Gasteiger partial charge in [-0.3, -0.25) is 9.69 Å². The summed E-state index contributed by atoms with van der Waals surface area (Å²) in [6, 6.07) is 33.6. The summed E-state index contributed by atoms with van der Waals surface area (Å²) in [5, 5.41) is 1.29. The molecule has 0 aliphatic carbocycles. The number of aromatic nitrogens is 2. The van der Waals surface area contributed by atoms with Crippen LogP contribution in [-0.4, -0.2) is 15.9 Å². The van der Waals surface area contributed by atoms with Crippen LogP contribution in [0.5, 0.6) is 0 Å². The Balaban J connectivity index is 1.52. The molecule has 174 valence electrons. The van der Waals surface area contributed by atoms with E-state index in [4.69, 9.17) is 9.97 Å². The molecule has 2 aromatic heterocycles. The first-order chi connectivity index (χ1) is 17.7. The molecule has 0 fully saturated rings. The van der Waals surface area contributed by atoms with Gasteiger partial charge in [0.1, 0.15) is 5.82 Å². The summed E-state index contributed by atoms with van der Waals surface area (Å²) >= 11 is 1.31. The number of amides is 1. The van der Waals surface area contributed by atoms with Gasteiger partial charge in [0, 0.05) is 10.9 Å². The quantitative estimate of drug-likeness (QED) is 0.252. The molecule has 2 heterocycles. The van der Waals surface area contributed by atoms with Gasteiger partial charge in [-0.15, -0.1) is 0 Å². The average Bonchev–Trinajstić information content (AvgIpc) is 3.34. The van der Waals surface area contributed by atoms with E-state index in [1.165, 1.54) is 23.5 Å². The number of carbonyl (C=O) groups is 1. The lowest BCUT2D eigenvalue weighted by Crippen LogP contribution is -2.30. The molecule has 1 amide bonds. The predicted molar refractivity (Wildman–Crippen MR) is 144 cm³/mol. The van der Waals surface area contributed by atoms with E-state index in [0.717, 1.165) is 27.7 Å². The normalized spacial score (nSPS) is 11.1. The number of hydrogen-bond acceptors (Lipinski definition) is 4. The lowest BCUT2D eigenvalue weighted by atomic mass is 10.0. The van der Waals surface area contributed by atoms with Crippen molar-refractivity contribution in [3.05, 3.63) is 126 Å². The Morgan fingerprint density at radius 3 is 2.31 bits per heavy atom. The molecule has 0 bridgehead atoms. The van der Waals surface area contributed by atoms with Crippen molar-refractivity contribution < 1.29 is 9.18 Å². The number of rotatable bonds is 5. The van der Waals surface area contributed by atoms with Crippen LogP contribution in [0.25, 0.3) is 32.4 Å². The number of pyridine rings is 1. The Kier molecular flexibility index (Phi) is 5.71. The minimum Gasteiger partial charge on any atom is -0.279 e. The maximum atomic E-state index is 14.3. The van der Waals surface area contributed by atoms with Gasteiger partial charge in [0.25, 0.3) is 5.91 Å². The number of fused-ring (bicyclic) bond motifs is 2. The summed E-state index contributed by atoms with van der Waals surface area (Å²) in [5.41, 5.74) is 4.57. The Hall–Kier alpha value is -4.42. The third kappa shape index (κ3) is 4.23. The van der Waals surface area contributed by atoms with E-state index in [1.54, 1.807) is 11.0 Å². The first-order valence-corrected chi connectivity index (χ1v) is 12.3. The van der Waals surface area contributed by atoms with Crippen LogP contribution in [0.4, 0.5) is 9.52 Å². The van der Waals surface area contributed by atoms with E-state index in [1.807, 2.05) is 91.0 Å². The van der Waals surface area contributed by atoms with Gasteiger partial charge >= 0.3 is 0 Å². The fraction of sp³-hybridized carbons (Fsp3) is 0.0333. The number of benzene rings is 4. The maximum absolute atomic E-state index is 14.3. The second-order valence-electron chi connectivity index (χ2n) is 8.42. The van der Waals surface area contributed by atoms with Gasteiger partial charge in [0.2, 0.25) is 0 Å². The zero-order chi connectivity index (χ0) is 24.5. The van der Waals surface area contributed by atoms with E-state index < -0.39 is 0 Å². The molecular weight excluding hydrogens is 469 g/mol. The monoisotopic (exact) mass is 489 g/mol. The summed E-state index contributed by atoms with van der Waals surface area (Å²) in [7, 11) is 0. The molecule has 0 N–H and O–H groups in total. The molecule has 0 spiro atoms. The summed E-state index contributed by atoms with van der Waals surface area (Å²) in [5.74, 6) is -0.513. The third-order valence-electron chi connectivity index (χ3n) is 6.01. The zero-order valence-electron chi connectivity index (χ0n) is 19.1. The number of hydrogen-bond donors (Lipinski definition) is 0. The first kappa shape index (κ1) is 22.1. The van der Waals surface area contributed by atoms with Gasteiger partial charge in [-0.2, -0.15) is 0 Å². The van der Waals surface area contributed by atoms with Crippen molar-refractivity contribution in [1.29, 1.82) is 0 Å². The Morgan fingerprint density at radius 2 is 1.50 bits per heavy atom. The maximum Gasteiger partial charge on any atom is 0.261 e. The molecule has 0 unspecified atom stereocenters. The highest BCUT2D eigenvalue weighted by Crippen LogP contribution is 2.33. The van der Waals surface area contributed by atoms with Crippen molar-refractivity contribution in [2.24, 2.45) is 0 Å². The molecular formula is C30H20FN3OS. The number of halogens is 1. The highest BCUT2D eigenvalue weighted by Gasteiger charge is 2.24. The van der Waals surface area contributed by atoms with Crippen LogP contribution in [0.15, 0.2) is 109 Å².